The van der Waals surface area contributed by atoms with Gasteiger partial charge in [0.15, 0.2) is 11.5 Å². The van der Waals surface area contributed by atoms with Gasteiger partial charge in [-0.2, -0.15) is 0 Å². The molecule has 0 spiro atoms. The molecule has 0 saturated carbocycles. The lowest BCUT2D eigenvalue weighted by atomic mass is 10.1. The first-order chi connectivity index (χ1) is 7.67. The summed E-state index contributed by atoms with van der Waals surface area (Å²) in [5.41, 5.74) is 0.711. The highest BCUT2D eigenvalue weighted by atomic mass is 16.5. The van der Waals surface area contributed by atoms with Gasteiger partial charge < -0.3 is 19.3 Å². The summed E-state index contributed by atoms with van der Waals surface area (Å²) in [6.07, 6.45) is 0.0565. The van der Waals surface area contributed by atoms with Gasteiger partial charge in [0.1, 0.15) is 5.75 Å². The molecule has 0 bridgehead atoms. The molecule has 0 aromatic heterocycles. The van der Waals surface area contributed by atoms with E-state index in [4.69, 9.17) is 14.2 Å². The van der Waals surface area contributed by atoms with Gasteiger partial charge in [0.25, 0.3) is 0 Å². The Morgan fingerprint density at radius 1 is 1.00 bits per heavy atom. The zero-order chi connectivity index (χ0) is 12.1. The van der Waals surface area contributed by atoms with Gasteiger partial charge in [-0.05, 0) is 12.5 Å². The van der Waals surface area contributed by atoms with Crippen LogP contribution in [0, 0.1) is 0 Å². The van der Waals surface area contributed by atoms with Gasteiger partial charge in [-0.15, -0.1) is 0 Å². The molecule has 0 aliphatic heterocycles. The molecule has 4 heteroatoms. The van der Waals surface area contributed by atoms with Crippen molar-refractivity contribution in [1.29, 1.82) is 0 Å². The second kappa shape index (κ2) is 5.61. The molecule has 1 rings (SSSR count). The summed E-state index contributed by atoms with van der Waals surface area (Å²) in [5, 5.41) is 9.85. The first-order valence-corrected chi connectivity index (χ1v) is 5.15. The number of rotatable bonds is 5. The first-order valence-electron chi connectivity index (χ1n) is 5.15. The molecule has 0 aliphatic rings. The summed E-state index contributed by atoms with van der Waals surface area (Å²) in [7, 11) is 4.69. The van der Waals surface area contributed by atoms with Crippen molar-refractivity contribution < 1.29 is 19.3 Å². The summed E-state index contributed by atoms with van der Waals surface area (Å²) < 4.78 is 15.6. The van der Waals surface area contributed by atoms with Gasteiger partial charge in [0, 0.05) is 11.6 Å². The van der Waals surface area contributed by atoms with Crippen molar-refractivity contribution in [1.82, 2.24) is 0 Å². The predicted molar refractivity (Wildman–Crippen MR) is 61.3 cm³/mol. The van der Waals surface area contributed by atoms with E-state index in [1.165, 1.54) is 0 Å². The number of aliphatic hydroxyl groups excluding tert-OH is 1. The number of methoxy groups -OCH3 is 3. The molecule has 0 fully saturated rings. The highest BCUT2D eigenvalue weighted by molar-refractivity contribution is 5.51. The summed E-state index contributed by atoms with van der Waals surface area (Å²) in [6.45, 7) is 1.90. The number of hydrogen-bond acceptors (Lipinski definition) is 4. The van der Waals surface area contributed by atoms with E-state index < -0.39 is 6.10 Å². The van der Waals surface area contributed by atoms with Crippen molar-refractivity contribution in [2.45, 2.75) is 19.4 Å². The van der Waals surface area contributed by atoms with E-state index in [1.54, 1.807) is 33.5 Å². The summed E-state index contributed by atoms with van der Waals surface area (Å²) in [4.78, 5) is 0. The van der Waals surface area contributed by atoms with Crippen LogP contribution in [-0.2, 0) is 0 Å². The van der Waals surface area contributed by atoms with Crippen LogP contribution >= 0.6 is 0 Å². The average molecular weight is 226 g/mol. The molecule has 0 aliphatic carbocycles. The molecular formula is C12H18O4. The zero-order valence-corrected chi connectivity index (χ0v) is 10.1. The molecule has 1 atom stereocenters. The minimum atomic E-state index is -0.560. The molecule has 90 valence electrons. The first kappa shape index (κ1) is 12.6. The van der Waals surface area contributed by atoms with Gasteiger partial charge in [0.2, 0.25) is 0 Å². The van der Waals surface area contributed by atoms with Gasteiger partial charge in [-0.1, -0.05) is 6.92 Å². The number of hydrogen-bond donors (Lipinski definition) is 1. The van der Waals surface area contributed by atoms with Crippen molar-refractivity contribution >= 4 is 0 Å². The standard InChI is InChI=1S/C12H18O4/c1-5-9(13)8-6-11(15-3)12(16-4)7-10(8)14-2/h6-7,9,13H,5H2,1-4H3. The van der Waals surface area contributed by atoms with Crippen LogP contribution in [0.1, 0.15) is 25.0 Å². The number of benzene rings is 1. The molecule has 1 unspecified atom stereocenters. The maximum Gasteiger partial charge on any atom is 0.164 e. The lowest BCUT2D eigenvalue weighted by Crippen LogP contribution is -2.01. The maximum absolute atomic E-state index is 9.85. The third kappa shape index (κ3) is 2.39. The van der Waals surface area contributed by atoms with Crippen LogP contribution in [0.3, 0.4) is 0 Å². The van der Waals surface area contributed by atoms with Crippen molar-refractivity contribution in [3.63, 3.8) is 0 Å². The predicted octanol–water partition coefficient (Wildman–Crippen LogP) is 2.16. The van der Waals surface area contributed by atoms with Crippen LogP contribution in [0.2, 0.25) is 0 Å². The van der Waals surface area contributed by atoms with E-state index in [1.807, 2.05) is 6.92 Å². The van der Waals surface area contributed by atoms with Gasteiger partial charge in [-0.25, -0.2) is 0 Å². The molecular weight excluding hydrogens is 208 g/mol. The molecule has 1 aromatic rings. The van der Waals surface area contributed by atoms with Crippen LogP contribution in [0.4, 0.5) is 0 Å². The fourth-order valence-corrected chi connectivity index (χ4v) is 1.53. The highest BCUT2D eigenvalue weighted by Gasteiger charge is 2.16. The van der Waals surface area contributed by atoms with E-state index in [-0.39, 0.29) is 0 Å². The van der Waals surface area contributed by atoms with E-state index >= 15 is 0 Å². The van der Waals surface area contributed by atoms with Gasteiger partial charge >= 0.3 is 0 Å². The topological polar surface area (TPSA) is 47.9 Å². The number of ether oxygens (including phenoxy) is 3. The van der Waals surface area contributed by atoms with Crippen LogP contribution in [0.25, 0.3) is 0 Å². The summed E-state index contributed by atoms with van der Waals surface area (Å²) in [6, 6.07) is 3.46. The third-order valence-electron chi connectivity index (χ3n) is 2.48. The van der Waals surface area contributed by atoms with Crippen molar-refractivity contribution in [3.8, 4) is 17.2 Å². The van der Waals surface area contributed by atoms with E-state index in [0.717, 1.165) is 0 Å². The van der Waals surface area contributed by atoms with E-state index in [0.29, 0.717) is 29.2 Å². The lowest BCUT2D eigenvalue weighted by Gasteiger charge is -2.16. The Kier molecular flexibility index (Phi) is 4.43. The van der Waals surface area contributed by atoms with Crippen LogP contribution < -0.4 is 14.2 Å². The fourth-order valence-electron chi connectivity index (χ4n) is 1.53. The molecule has 4 nitrogen and oxygen atoms in total. The average Bonchev–Trinajstić information content (AvgIpc) is 2.35. The summed E-state index contributed by atoms with van der Waals surface area (Å²) in [5.74, 6) is 1.78. The molecule has 0 heterocycles. The zero-order valence-electron chi connectivity index (χ0n) is 10.1. The Bertz CT molecular complexity index is 349. The van der Waals surface area contributed by atoms with Crippen molar-refractivity contribution in [2.75, 3.05) is 21.3 Å². The Hall–Kier alpha value is -1.42. The molecule has 0 saturated heterocycles. The molecule has 16 heavy (non-hydrogen) atoms. The Morgan fingerprint density at radius 3 is 1.94 bits per heavy atom. The maximum atomic E-state index is 9.85. The second-order valence-electron chi connectivity index (χ2n) is 3.37. The molecule has 0 radical (unpaired) electrons. The normalized spacial score (nSPS) is 12.1. The van der Waals surface area contributed by atoms with E-state index in [2.05, 4.69) is 0 Å². The quantitative estimate of drug-likeness (QED) is 0.835. The SMILES string of the molecule is CCC(O)c1cc(OC)c(OC)cc1OC. The van der Waals surface area contributed by atoms with E-state index in [9.17, 15) is 5.11 Å². The Morgan fingerprint density at radius 2 is 1.50 bits per heavy atom. The molecule has 1 aromatic carbocycles. The van der Waals surface area contributed by atoms with Crippen LogP contribution in [0.5, 0.6) is 17.2 Å². The van der Waals surface area contributed by atoms with Crippen molar-refractivity contribution in [3.05, 3.63) is 17.7 Å². The Labute approximate surface area is 95.8 Å². The van der Waals surface area contributed by atoms with Crippen LogP contribution in [-0.4, -0.2) is 26.4 Å². The molecule has 0 amide bonds. The highest BCUT2D eigenvalue weighted by Crippen LogP contribution is 2.38. The van der Waals surface area contributed by atoms with Gasteiger partial charge in [0.05, 0.1) is 27.4 Å². The smallest absolute Gasteiger partial charge is 0.164 e. The number of aliphatic hydroxyl groups is 1. The minimum absolute atomic E-state index is 0.560. The summed E-state index contributed by atoms with van der Waals surface area (Å²) >= 11 is 0. The van der Waals surface area contributed by atoms with Crippen molar-refractivity contribution in [2.24, 2.45) is 0 Å². The lowest BCUT2D eigenvalue weighted by molar-refractivity contribution is 0.168. The largest absolute Gasteiger partial charge is 0.496 e. The monoisotopic (exact) mass is 226 g/mol. The third-order valence-corrected chi connectivity index (χ3v) is 2.48. The Balaban J connectivity index is 3.25. The van der Waals surface area contributed by atoms with Gasteiger partial charge in [-0.3, -0.25) is 0 Å². The second-order valence-corrected chi connectivity index (χ2v) is 3.37. The van der Waals surface area contributed by atoms with Crippen LogP contribution in [0.15, 0.2) is 12.1 Å². The molecule has 1 N–H and O–H groups in total. The minimum Gasteiger partial charge on any atom is -0.496 e. The fraction of sp³-hybridized carbons (Fsp3) is 0.500.